The maximum atomic E-state index is 12.7. The Balaban J connectivity index is 2.31. The van der Waals surface area contributed by atoms with Crippen molar-refractivity contribution in [3.63, 3.8) is 0 Å². The quantitative estimate of drug-likeness (QED) is 0.638. The molecular weight excluding hydrogens is 268 g/mol. The number of carbonyl (C=O) groups excluding carboxylic acids is 1. The number of hydrogen-bond acceptors (Lipinski definition) is 5. The van der Waals surface area contributed by atoms with Crippen molar-refractivity contribution in [3.8, 4) is 0 Å². The maximum absolute atomic E-state index is 12.7. The highest BCUT2D eigenvalue weighted by Gasteiger charge is 2.25. The molecule has 0 bridgehead atoms. The van der Waals surface area contributed by atoms with E-state index in [0.29, 0.717) is 31.1 Å². The zero-order chi connectivity index (χ0) is 15.6. The molecule has 0 aromatic carbocycles. The lowest BCUT2D eigenvalue weighted by atomic mass is 9.90. The molecule has 3 N–H and O–H groups in total. The fourth-order valence-electron chi connectivity index (χ4n) is 2.30. The third kappa shape index (κ3) is 3.71. The van der Waals surface area contributed by atoms with Gasteiger partial charge in [0.05, 0.1) is 12.7 Å². The first-order valence-corrected chi connectivity index (χ1v) is 7.21. The van der Waals surface area contributed by atoms with Crippen LogP contribution in [0.3, 0.4) is 0 Å². The van der Waals surface area contributed by atoms with Gasteiger partial charge in [-0.15, -0.1) is 0 Å². The van der Waals surface area contributed by atoms with Gasteiger partial charge in [-0.25, -0.2) is 10.8 Å². The summed E-state index contributed by atoms with van der Waals surface area (Å²) in [6, 6.07) is 3.54. The van der Waals surface area contributed by atoms with Crippen LogP contribution in [0.15, 0.2) is 12.1 Å². The second-order valence-corrected chi connectivity index (χ2v) is 6.45. The first-order chi connectivity index (χ1) is 9.81. The molecular formula is C15H24N4O2. The maximum Gasteiger partial charge on any atom is 0.254 e. The average molecular weight is 292 g/mol. The van der Waals surface area contributed by atoms with Crippen molar-refractivity contribution in [3.05, 3.63) is 23.4 Å². The highest BCUT2D eigenvalue weighted by atomic mass is 16.5. The molecule has 1 amide bonds. The number of aromatic nitrogens is 1. The largest absolute Gasteiger partial charge is 0.375 e. The molecule has 116 valence electrons. The summed E-state index contributed by atoms with van der Waals surface area (Å²) in [7, 11) is 0. The molecule has 0 spiro atoms. The number of carbonyl (C=O) groups is 1. The van der Waals surface area contributed by atoms with Crippen LogP contribution in [0.5, 0.6) is 0 Å². The Hall–Kier alpha value is -1.66. The Labute approximate surface area is 125 Å². The van der Waals surface area contributed by atoms with Crippen LogP contribution >= 0.6 is 0 Å². The molecule has 21 heavy (non-hydrogen) atoms. The molecule has 2 heterocycles. The van der Waals surface area contributed by atoms with Crippen molar-refractivity contribution in [1.29, 1.82) is 0 Å². The lowest BCUT2D eigenvalue weighted by Crippen LogP contribution is -2.44. The number of nitrogen functional groups attached to an aromatic ring is 1. The Kier molecular flexibility index (Phi) is 4.49. The number of hydrogen-bond donors (Lipinski definition) is 2. The summed E-state index contributed by atoms with van der Waals surface area (Å²) in [5.74, 6) is 5.98. The van der Waals surface area contributed by atoms with Gasteiger partial charge in [0.15, 0.2) is 0 Å². The van der Waals surface area contributed by atoms with Crippen LogP contribution in [0.4, 0.5) is 5.82 Å². The van der Waals surface area contributed by atoms with E-state index in [4.69, 9.17) is 10.6 Å². The van der Waals surface area contributed by atoms with E-state index in [-0.39, 0.29) is 17.4 Å². The molecule has 0 radical (unpaired) electrons. The van der Waals surface area contributed by atoms with Crippen LogP contribution in [0, 0.1) is 0 Å². The highest BCUT2D eigenvalue weighted by molar-refractivity contribution is 5.95. The van der Waals surface area contributed by atoms with Gasteiger partial charge in [0, 0.05) is 29.8 Å². The predicted molar refractivity (Wildman–Crippen MR) is 82.1 cm³/mol. The smallest absolute Gasteiger partial charge is 0.254 e. The number of nitrogens with two attached hydrogens (primary N) is 1. The van der Waals surface area contributed by atoms with E-state index >= 15 is 0 Å². The van der Waals surface area contributed by atoms with Gasteiger partial charge in [0.1, 0.15) is 5.82 Å². The van der Waals surface area contributed by atoms with Gasteiger partial charge in [-0.2, -0.15) is 0 Å². The normalized spacial score (nSPS) is 19.5. The number of nitrogens with one attached hydrogen (secondary N) is 1. The van der Waals surface area contributed by atoms with Crippen molar-refractivity contribution in [2.75, 3.05) is 25.1 Å². The molecule has 0 aliphatic carbocycles. The minimum absolute atomic E-state index is 0.00505. The Bertz CT molecular complexity index is 525. The van der Waals surface area contributed by atoms with E-state index in [1.807, 2.05) is 17.9 Å². The molecule has 1 aliphatic rings. The molecule has 1 saturated heterocycles. The Morgan fingerprint density at radius 2 is 2.19 bits per heavy atom. The van der Waals surface area contributed by atoms with Gasteiger partial charge in [-0.05, 0) is 19.1 Å². The van der Waals surface area contributed by atoms with Gasteiger partial charge in [-0.3, -0.25) is 4.79 Å². The molecule has 0 saturated carbocycles. The minimum atomic E-state index is -0.153. The van der Waals surface area contributed by atoms with E-state index in [2.05, 4.69) is 31.2 Å². The number of rotatable bonds is 2. The SMILES string of the molecule is CC1CN(C(=O)c2cc(NN)nc(C(C)(C)C)c2)CCO1. The highest BCUT2D eigenvalue weighted by Crippen LogP contribution is 2.24. The molecule has 1 atom stereocenters. The summed E-state index contributed by atoms with van der Waals surface area (Å²) in [6.07, 6.45) is 0.0683. The molecule has 1 aromatic rings. The van der Waals surface area contributed by atoms with Crippen molar-refractivity contribution >= 4 is 11.7 Å². The second kappa shape index (κ2) is 5.99. The van der Waals surface area contributed by atoms with E-state index in [9.17, 15) is 4.79 Å². The van der Waals surface area contributed by atoms with Crippen molar-refractivity contribution in [2.45, 2.75) is 39.2 Å². The summed E-state index contributed by atoms with van der Waals surface area (Å²) in [6.45, 7) is 9.94. The second-order valence-electron chi connectivity index (χ2n) is 6.45. The average Bonchev–Trinajstić information content (AvgIpc) is 2.45. The van der Waals surface area contributed by atoms with Crippen molar-refractivity contribution < 1.29 is 9.53 Å². The molecule has 1 unspecified atom stereocenters. The van der Waals surface area contributed by atoms with Crippen LogP contribution in [-0.2, 0) is 10.2 Å². The van der Waals surface area contributed by atoms with Crippen LogP contribution in [0.25, 0.3) is 0 Å². The van der Waals surface area contributed by atoms with Crippen molar-refractivity contribution in [1.82, 2.24) is 9.88 Å². The summed E-state index contributed by atoms with van der Waals surface area (Å²) in [5, 5.41) is 0. The summed E-state index contributed by atoms with van der Waals surface area (Å²) >= 11 is 0. The third-order valence-corrected chi connectivity index (χ3v) is 3.52. The number of morpholine rings is 1. The lowest BCUT2D eigenvalue weighted by Gasteiger charge is -2.31. The van der Waals surface area contributed by atoms with Crippen LogP contribution < -0.4 is 11.3 Å². The number of amides is 1. The molecule has 6 nitrogen and oxygen atoms in total. The molecule has 6 heteroatoms. The van der Waals surface area contributed by atoms with Gasteiger partial charge in [0.25, 0.3) is 5.91 Å². The first-order valence-electron chi connectivity index (χ1n) is 7.21. The molecule has 1 aliphatic heterocycles. The summed E-state index contributed by atoms with van der Waals surface area (Å²) < 4.78 is 5.48. The standard InChI is InChI=1S/C15H24N4O2/c1-10-9-19(5-6-21-10)14(20)11-7-12(15(2,3)4)17-13(8-11)18-16/h7-8,10H,5-6,9,16H2,1-4H3,(H,17,18). The Morgan fingerprint density at radius 1 is 1.48 bits per heavy atom. The third-order valence-electron chi connectivity index (χ3n) is 3.52. The van der Waals surface area contributed by atoms with Crippen LogP contribution in [0.2, 0.25) is 0 Å². The van der Waals surface area contributed by atoms with Gasteiger partial charge >= 0.3 is 0 Å². The topological polar surface area (TPSA) is 80.5 Å². The van der Waals surface area contributed by atoms with Gasteiger partial charge in [-0.1, -0.05) is 20.8 Å². The van der Waals surface area contributed by atoms with Crippen LogP contribution in [0.1, 0.15) is 43.7 Å². The zero-order valence-corrected chi connectivity index (χ0v) is 13.1. The molecule has 1 fully saturated rings. The van der Waals surface area contributed by atoms with Gasteiger partial charge < -0.3 is 15.1 Å². The number of ether oxygens (including phenoxy) is 1. The van der Waals surface area contributed by atoms with E-state index in [1.54, 1.807) is 6.07 Å². The van der Waals surface area contributed by atoms with E-state index < -0.39 is 0 Å². The summed E-state index contributed by atoms with van der Waals surface area (Å²) in [5.41, 5.74) is 3.83. The van der Waals surface area contributed by atoms with E-state index in [0.717, 1.165) is 5.69 Å². The molecule has 2 rings (SSSR count). The predicted octanol–water partition coefficient (Wildman–Crippen LogP) is 1.53. The number of nitrogens with zero attached hydrogens (tertiary/aromatic N) is 2. The minimum Gasteiger partial charge on any atom is -0.375 e. The number of anilines is 1. The zero-order valence-electron chi connectivity index (χ0n) is 13.1. The van der Waals surface area contributed by atoms with Gasteiger partial charge in [0.2, 0.25) is 0 Å². The molecule has 1 aromatic heterocycles. The first kappa shape index (κ1) is 15.7. The summed E-state index contributed by atoms with van der Waals surface area (Å²) in [4.78, 5) is 18.9. The monoisotopic (exact) mass is 292 g/mol. The number of pyridine rings is 1. The number of hydrazine groups is 1. The fourth-order valence-corrected chi connectivity index (χ4v) is 2.30. The van der Waals surface area contributed by atoms with E-state index in [1.165, 1.54) is 0 Å². The van der Waals surface area contributed by atoms with Crippen LogP contribution in [-0.4, -0.2) is 41.6 Å². The fraction of sp³-hybridized carbons (Fsp3) is 0.600. The van der Waals surface area contributed by atoms with Crippen molar-refractivity contribution in [2.24, 2.45) is 5.84 Å². The Morgan fingerprint density at radius 3 is 2.76 bits per heavy atom. The lowest BCUT2D eigenvalue weighted by molar-refractivity contribution is -0.0124.